The minimum Gasteiger partial charge on any atom is -0.396 e. The number of hydrogen-bond donors (Lipinski definition) is 4. The summed E-state index contributed by atoms with van der Waals surface area (Å²) in [5.41, 5.74) is 1.07. The highest BCUT2D eigenvalue weighted by atomic mass is 127. The smallest absolute Gasteiger partial charge is 0.242 e. The first kappa shape index (κ1) is 20.7. The van der Waals surface area contributed by atoms with Crippen molar-refractivity contribution < 1.29 is 9.90 Å². The summed E-state index contributed by atoms with van der Waals surface area (Å²) in [6.07, 6.45) is 2.14. The van der Waals surface area contributed by atoms with Crippen molar-refractivity contribution in [1.29, 1.82) is 0 Å². The summed E-state index contributed by atoms with van der Waals surface area (Å²) in [7, 11) is 0. The highest BCUT2D eigenvalue weighted by Gasteiger charge is 2.22. The molecule has 134 valence electrons. The van der Waals surface area contributed by atoms with E-state index in [1.54, 1.807) is 0 Å². The SMILES string of the molecule is CCNC(=NCC(=O)NC1CC1)NCC(CO)c1ccccc1.I. The third-order valence-corrected chi connectivity index (χ3v) is 3.67. The van der Waals surface area contributed by atoms with Crippen LogP contribution in [0.2, 0.25) is 0 Å². The van der Waals surface area contributed by atoms with E-state index in [1.807, 2.05) is 37.3 Å². The maximum absolute atomic E-state index is 11.7. The number of carbonyl (C=O) groups is 1. The summed E-state index contributed by atoms with van der Waals surface area (Å²) in [5.74, 6) is 0.527. The molecular formula is C17H27IN4O2. The fourth-order valence-corrected chi connectivity index (χ4v) is 2.23. The Morgan fingerprint density at radius 1 is 1.29 bits per heavy atom. The fourth-order valence-electron chi connectivity index (χ4n) is 2.23. The van der Waals surface area contributed by atoms with Crippen LogP contribution in [0.1, 0.15) is 31.2 Å². The van der Waals surface area contributed by atoms with Crippen LogP contribution in [0.25, 0.3) is 0 Å². The van der Waals surface area contributed by atoms with Crippen molar-refractivity contribution in [3.8, 4) is 0 Å². The summed E-state index contributed by atoms with van der Waals surface area (Å²) in [4.78, 5) is 16.0. The highest BCUT2D eigenvalue weighted by Crippen LogP contribution is 2.18. The topological polar surface area (TPSA) is 85.8 Å². The van der Waals surface area contributed by atoms with E-state index >= 15 is 0 Å². The molecule has 1 unspecified atom stereocenters. The Kier molecular flexibility index (Phi) is 9.70. The molecule has 0 radical (unpaired) electrons. The molecule has 0 saturated heterocycles. The van der Waals surface area contributed by atoms with Crippen LogP contribution in [0.15, 0.2) is 35.3 Å². The van der Waals surface area contributed by atoms with Gasteiger partial charge in [0.1, 0.15) is 6.54 Å². The molecule has 1 aromatic carbocycles. The standard InChI is InChI=1S/C17H26N4O2.HI/c1-2-18-17(20-11-16(23)21-15-8-9-15)19-10-14(12-22)13-6-4-3-5-7-13;/h3-7,14-15,22H,2,8-12H2,1H3,(H,21,23)(H2,18,19,20);1H. The van der Waals surface area contributed by atoms with Gasteiger partial charge in [0, 0.05) is 25.0 Å². The van der Waals surface area contributed by atoms with E-state index in [0.29, 0.717) is 25.1 Å². The largest absolute Gasteiger partial charge is 0.396 e. The van der Waals surface area contributed by atoms with Gasteiger partial charge in [0.25, 0.3) is 0 Å². The minimum atomic E-state index is -0.0496. The van der Waals surface area contributed by atoms with Gasteiger partial charge in [0.05, 0.1) is 6.61 Å². The van der Waals surface area contributed by atoms with Gasteiger partial charge in [-0.1, -0.05) is 30.3 Å². The van der Waals surface area contributed by atoms with Gasteiger partial charge in [-0.3, -0.25) is 4.79 Å². The third-order valence-electron chi connectivity index (χ3n) is 3.67. The van der Waals surface area contributed by atoms with Crippen LogP contribution in [0.3, 0.4) is 0 Å². The zero-order valence-electron chi connectivity index (χ0n) is 14.0. The number of aliphatic hydroxyl groups is 1. The van der Waals surface area contributed by atoms with Crippen molar-refractivity contribution in [3.05, 3.63) is 35.9 Å². The number of amides is 1. The van der Waals surface area contributed by atoms with Gasteiger partial charge in [-0.2, -0.15) is 0 Å². The molecule has 2 rings (SSSR count). The number of nitrogens with zero attached hydrogens (tertiary/aromatic N) is 1. The fraction of sp³-hybridized carbons (Fsp3) is 0.529. The molecule has 0 bridgehead atoms. The first-order valence-electron chi connectivity index (χ1n) is 8.20. The second-order valence-electron chi connectivity index (χ2n) is 5.71. The normalized spacial score (nSPS) is 15.2. The lowest BCUT2D eigenvalue weighted by Gasteiger charge is -2.18. The molecule has 1 aliphatic rings. The Bertz CT molecular complexity index is 521. The van der Waals surface area contributed by atoms with Gasteiger partial charge in [0.2, 0.25) is 5.91 Å². The van der Waals surface area contributed by atoms with Gasteiger partial charge in [0.15, 0.2) is 5.96 Å². The number of carbonyl (C=O) groups excluding carboxylic acids is 1. The molecule has 7 heteroatoms. The van der Waals surface area contributed by atoms with Gasteiger partial charge in [-0.15, -0.1) is 24.0 Å². The lowest BCUT2D eigenvalue weighted by molar-refractivity contribution is -0.119. The summed E-state index contributed by atoms with van der Waals surface area (Å²) < 4.78 is 0. The number of halogens is 1. The van der Waals surface area contributed by atoms with Crippen molar-refractivity contribution in [2.75, 3.05) is 26.2 Å². The molecule has 0 heterocycles. The molecule has 24 heavy (non-hydrogen) atoms. The van der Waals surface area contributed by atoms with Crippen LogP contribution in [0, 0.1) is 0 Å². The molecule has 6 nitrogen and oxygen atoms in total. The van der Waals surface area contributed by atoms with Gasteiger partial charge >= 0.3 is 0 Å². The molecule has 4 N–H and O–H groups in total. The lowest BCUT2D eigenvalue weighted by atomic mass is 10.0. The van der Waals surface area contributed by atoms with E-state index in [2.05, 4.69) is 20.9 Å². The van der Waals surface area contributed by atoms with E-state index in [9.17, 15) is 9.90 Å². The third kappa shape index (κ3) is 7.48. The first-order valence-corrected chi connectivity index (χ1v) is 8.20. The zero-order chi connectivity index (χ0) is 16.5. The van der Waals surface area contributed by atoms with Gasteiger partial charge < -0.3 is 21.1 Å². The van der Waals surface area contributed by atoms with Crippen LogP contribution >= 0.6 is 24.0 Å². The number of rotatable bonds is 8. The second kappa shape index (κ2) is 11.2. The Balaban J connectivity index is 0.00000288. The first-order chi connectivity index (χ1) is 11.2. The van der Waals surface area contributed by atoms with Crippen LogP contribution < -0.4 is 16.0 Å². The number of aliphatic hydroxyl groups excluding tert-OH is 1. The summed E-state index contributed by atoms with van der Waals surface area (Å²) >= 11 is 0. The quantitative estimate of drug-likeness (QED) is 0.275. The van der Waals surface area contributed by atoms with Crippen molar-refractivity contribution in [3.63, 3.8) is 0 Å². The van der Waals surface area contributed by atoms with Crippen molar-refractivity contribution >= 4 is 35.8 Å². The van der Waals surface area contributed by atoms with Gasteiger partial charge in [-0.05, 0) is 25.3 Å². The highest BCUT2D eigenvalue weighted by molar-refractivity contribution is 14.0. The molecule has 1 saturated carbocycles. The van der Waals surface area contributed by atoms with E-state index < -0.39 is 0 Å². The van der Waals surface area contributed by atoms with E-state index in [0.717, 1.165) is 18.4 Å². The Morgan fingerprint density at radius 2 is 2.00 bits per heavy atom. The molecule has 1 amide bonds. The average molecular weight is 446 g/mol. The molecule has 1 atom stereocenters. The zero-order valence-corrected chi connectivity index (χ0v) is 16.3. The van der Waals surface area contributed by atoms with Crippen LogP contribution in [0.5, 0.6) is 0 Å². The average Bonchev–Trinajstić information content (AvgIpc) is 3.38. The van der Waals surface area contributed by atoms with Crippen LogP contribution in [0.4, 0.5) is 0 Å². The Labute approximate surface area is 160 Å². The van der Waals surface area contributed by atoms with Crippen LogP contribution in [-0.4, -0.2) is 49.3 Å². The Hall–Kier alpha value is -1.35. The lowest BCUT2D eigenvalue weighted by Crippen LogP contribution is -2.41. The number of nitrogens with one attached hydrogen (secondary N) is 3. The van der Waals surface area contributed by atoms with E-state index in [-0.39, 0.29) is 49.0 Å². The van der Waals surface area contributed by atoms with Crippen molar-refractivity contribution in [2.24, 2.45) is 4.99 Å². The maximum Gasteiger partial charge on any atom is 0.242 e. The molecular weight excluding hydrogens is 419 g/mol. The van der Waals surface area contributed by atoms with Crippen molar-refractivity contribution in [2.45, 2.75) is 31.7 Å². The van der Waals surface area contributed by atoms with Crippen LogP contribution in [-0.2, 0) is 4.79 Å². The number of aliphatic imine (C=N–C) groups is 1. The molecule has 0 aromatic heterocycles. The summed E-state index contributed by atoms with van der Waals surface area (Å²) in [6.45, 7) is 3.41. The monoisotopic (exact) mass is 446 g/mol. The molecule has 1 aromatic rings. The predicted molar refractivity (Wildman–Crippen MR) is 107 cm³/mol. The second-order valence-corrected chi connectivity index (χ2v) is 5.71. The number of hydrogen-bond acceptors (Lipinski definition) is 3. The predicted octanol–water partition coefficient (Wildman–Crippen LogP) is 1.21. The van der Waals surface area contributed by atoms with E-state index in [1.165, 1.54) is 0 Å². The van der Waals surface area contributed by atoms with Crippen molar-refractivity contribution in [1.82, 2.24) is 16.0 Å². The molecule has 1 fully saturated rings. The molecule has 1 aliphatic carbocycles. The Morgan fingerprint density at radius 3 is 2.58 bits per heavy atom. The number of guanidine groups is 1. The summed E-state index contributed by atoms with van der Waals surface area (Å²) in [5, 5.41) is 18.8. The minimum absolute atomic E-state index is 0. The van der Waals surface area contributed by atoms with Gasteiger partial charge in [-0.25, -0.2) is 4.99 Å². The number of benzene rings is 1. The molecule has 0 spiro atoms. The van der Waals surface area contributed by atoms with E-state index in [4.69, 9.17) is 0 Å². The summed E-state index contributed by atoms with van der Waals surface area (Å²) in [6, 6.07) is 10.2. The maximum atomic E-state index is 11.7. The molecule has 0 aliphatic heterocycles.